The Hall–Kier alpha value is -2.03. The summed E-state index contributed by atoms with van der Waals surface area (Å²) in [6.45, 7) is 0.670. The Kier molecular flexibility index (Phi) is 3.98. The maximum atomic E-state index is 12.4. The maximum absolute atomic E-state index is 12.4. The lowest BCUT2D eigenvalue weighted by molar-refractivity contribution is -0.137. The molecule has 1 fully saturated rings. The lowest BCUT2D eigenvalue weighted by Crippen LogP contribution is -2.33. The molecule has 0 aromatic carbocycles. The second-order valence-corrected chi connectivity index (χ2v) is 4.76. The van der Waals surface area contributed by atoms with Crippen LogP contribution in [-0.4, -0.2) is 28.9 Å². The molecule has 0 aliphatic heterocycles. The van der Waals surface area contributed by atoms with Crippen LogP contribution in [0.5, 0.6) is 0 Å². The molecule has 1 aromatic rings. The van der Waals surface area contributed by atoms with Crippen molar-refractivity contribution >= 4 is 5.91 Å². The summed E-state index contributed by atoms with van der Waals surface area (Å²) in [6, 6.07) is 1.94. The Balaban J connectivity index is 2.12. The lowest BCUT2D eigenvalue weighted by atomic mass is 10.2. The number of amides is 1. The SMILES string of the molecule is C#CCN(CC1CC1)C(=O)c1ccc(C(F)(F)F)cn1. The molecule has 0 N–H and O–H groups in total. The van der Waals surface area contributed by atoms with Gasteiger partial charge in [-0.25, -0.2) is 0 Å². The van der Waals surface area contributed by atoms with Crippen molar-refractivity contribution in [3.63, 3.8) is 0 Å². The molecule has 0 saturated heterocycles. The molecule has 1 aliphatic carbocycles. The molecule has 3 nitrogen and oxygen atoms in total. The van der Waals surface area contributed by atoms with Crippen molar-refractivity contribution in [1.82, 2.24) is 9.88 Å². The van der Waals surface area contributed by atoms with Gasteiger partial charge in [0.2, 0.25) is 0 Å². The fourth-order valence-electron chi connectivity index (χ4n) is 1.79. The number of carbonyl (C=O) groups excluding carboxylic acids is 1. The summed E-state index contributed by atoms with van der Waals surface area (Å²) in [5, 5.41) is 0. The molecule has 1 heterocycles. The van der Waals surface area contributed by atoms with E-state index in [0.717, 1.165) is 25.0 Å². The third kappa shape index (κ3) is 3.50. The largest absolute Gasteiger partial charge is 0.417 e. The Labute approximate surface area is 114 Å². The van der Waals surface area contributed by atoms with Crippen LogP contribution in [0.15, 0.2) is 18.3 Å². The van der Waals surface area contributed by atoms with Crippen molar-refractivity contribution in [2.75, 3.05) is 13.1 Å². The zero-order valence-electron chi connectivity index (χ0n) is 10.7. The minimum atomic E-state index is -4.46. The zero-order chi connectivity index (χ0) is 14.8. The van der Waals surface area contributed by atoms with E-state index in [1.165, 1.54) is 4.90 Å². The minimum Gasteiger partial charge on any atom is -0.326 e. The number of carbonyl (C=O) groups is 1. The fraction of sp³-hybridized carbons (Fsp3) is 0.429. The summed E-state index contributed by atoms with van der Waals surface area (Å²) in [5.41, 5.74) is -0.895. The van der Waals surface area contributed by atoms with Crippen LogP contribution >= 0.6 is 0 Å². The van der Waals surface area contributed by atoms with Crippen molar-refractivity contribution in [2.24, 2.45) is 5.92 Å². The average molecular weight is 282 g/mol. The quantitative estimate of drug-likeness (QED) is 0.795. The first kappa shape index (κ1) is 14.4. The molecular formula is C14H13F3N2O. The smallest absolute Gasteiger partial charge is 0.326 e. The maximum Gasteiger partial charge on any atom is 0.417 e. The fourth-order valence-corrected chi connectivity index (χ4v) is 1.79. The second-order valence-electron chi connectivity index (χ2n) is 4.76. The molecule has 2 rings (SSSR count). The molecule has 20 heavy (non-hydrogen) atoms. The number of hydrogen-bond donors (Lipinski definition) is 0. The van der Waals surface area contributed by atoms with Crippen LogP contribution in [0.1, 0.15) is 28.9 Å². The summed E-state index contributed by atoms with van der Waals surface area (Å²) in [7, 11) is 0. The van der Waals surface area contributed by atoms with Gasteiger partial charge >= 0.3 is 6.18 Å². The van der Waals surface area contributed by atoms with Crippen LogP contribution in [0.4, 0.5) is 13.2 Å². The topological polar surface area (TPSA) is 33.2 Å². The molecule has 1 amide bonds. The van der Waals surface area contributed by atoms with Crippen LogP contribution in [0, 0.1) is 18.3 Å². The van der Waals surface area contributed by atoms with Crippen molar-refractivity contribution in [1.29, 1.82) is 0 Å². The monoisotopic (exact) mass is 282 g/mol. The standard InChI is InChI=1S/C14H13F3N2O/c1-2-7-19(9-10-3-4-10)13(20)12-6-5-11(8-18-12)14(15,16)17/h1,5-6,8,10H,3-4,7,9H2. The predicted octanol–water partition coefficient (Wildman–Crippen LogP) is 2.59. The molecule has 0 spiro atoms. The van der Waals surface area contributed by atoms with Crippen molar-refractivity contribution in [2.45, 2.75) is 19.0 Å². The summed E-state index contributed by atoms with van der Waals surface area (Å²) < 4.78 is 37.3. The predicted molar refractivity (Wildman–Crippen MR) is 66.7 cm³/mol. The molecule has 0 radical (unpaired) electrons. The molecule has 0 unspecified atom stereocenters. The highest BCUT2D eigenvalue weighted by atomic mass is 19.4. The molecule has 6 heteroatoms. The van der Waals surface area contributed by atoms with Gasteiger partial charge in [-0.3, -0.25) is 9.78 Å². The average Bonchev–Trinajstić information content (AvgIpc) is 3.20. The normalized spacial score (nSPS) is 14.7. The number of halogens is 3. The van der Waals surface area contributed by atoms with Crippen molar-refractivity contribution in [3.8, 4) is 12.3 Å². The Bertz CT molecular complexity index is 527. The van der Waals surface area contributed by atoms with E-state index < -0.39 is 17.6 Å². The van der Waals surface area contributed by atoms with Crippen LogP contribution < -0.4 is 0 Å². The number of hydrogen-bond acceptors (Lipinski definition) is 2. The van der Waals surface area contributed by atoms with E-state index in [-0.39, 0.29) is 12.2 Å². The van der Waals surface area contributed by atoms with Gasteiger partial charge in [0, 0.05) is 12.7 Å². The Morgan fingerprint density at radius 1 is 1.45 bits per heavy atom. The number of nitrogens with zero attached hydrogens (tertiary/aromatic N) is 2. The van der Waals surface area contributed by atoms with Gasteiger partial charge in [-0.05, 0) is 30.9 Å². The molecule has 106 valence electrons. The van der Waals surface area contributed by atoms with Gasteiger partial charge in [-0.15, -0.1) is 6.42 Å². The number of pyridine rings is 1. The van der Waals surface area contributed by atoms with E-state index in [2.05, 4.69) is 10.9 Å². The van der Waals surface area contributed by atoms with Gasteiger partial charge < -0.3 is 4.90 Å². The molecule has 1 aromatic heterocycles. The van der Waals surface area contributed by atoms with Gasteiger partial charge in [0.1, 0.15) is 5.69 Å². The number of alkyl halides is 3. The van der Waals surface area contributed by atoms with E-state index in [0.29, 0.717) is 18.7 Å². The van der Waals surface area contributed by atoms with Crippen LogP contribution in [0.25, 0.3) is 0 Å². The van der Waals surface area contributed by atoms with Crippen LogP contribution in [0.3, 0.4) is 0 Å². The van der Waals surface area contributed by atoms with Crippen LogP contribution in [0.2, 0.25) is 0 Å². The zero-order valence-corrected chi connectivity index (χ0v) is 10.7. The van der Waals surface area contributed by atoms with E-state index in [1.807, 2.05) is 0 Å². The van der Waals surface area contributed by atoms with Gasteiger partial charge in [0.15, 0.2) is 0 Å². The minimum absolute atomic E-state index is 0.0195. The molecule has 0 atom stereocenters. The summed E-state index contributed by atoms with van der Waals surface area (Å²) in [4.78, 5) is 17.2. The van der Waals surface area contributed by atoms with Gasteiger partial charge in [0.25, 0.3) is 5.91 Å². The van der Waals surface area contributed by atoms with Gasteiger partial charge in [-0.1, -0.05) is 5.92 Å². The Morgan fingerprint density at radius 2 is 2.15 bits per heavy atom. The van der Waals surface area contributed by atoms with Crippen molar-refractivity contribution < 1.29 is 18.0 Å². The summed E-state index contributed by atoms with van der Waals surface area (Å²) >= 11 is 0. The first-order valence-electron chi connectivity index (χ1n) is 6.18. The molecule has 1 aliphatic rings. The lowest BCUT2D eigenvalue weighted by Gasteiger charge is -2.19. The molecular weight excluding hydrogens is 269 g/mol. The summed E-state index contributed by atoms with van der Waals surface area (Å²) in [6.07, 6.45) is 3.52. The summed E-state index contributed by atoms with van der Waals surface area (Å²) in [5.74, 6) is 2.40. The number of terminal acetylenes is 1. The first-order valence-corrected chi connectivity index (χ1v) is 6.18. The second kappa shape index (κ2) is 5.53. The van der Waals surface area contributed by atoms with E-state index in [4.69, 9.17) is 6.42 Å². The first-order chi connectivity index (χ1) is 9.41. The molecule has 1 saturated carbocycles. The Morgan fingerprint density at radius 3 is 2.60 bits per heavy atom. The number of aromatic nitrogens is 1. The third-order valence-corrected chi connectivity index (χ3v) is 3.05. The van der Waals surface area contributed by atoms with E-state index in [9.17, 15) is 18.0 Å². The number of rotatable bonds is 4. The molecule has 0 bridgehead atoms. The highest BCUT2D eigenvalue weighted by Crippen LogP contribution is 2.30. The van der Waals surface area contributed by atoms with Crippen molar-refractivity contribution in [3.05, 3.63) is 29.6 Å². The highest BCUT2D eigenvalue weighted by Gasteiger charge is 2.32. The third-order valence-electron chi connectivity index (χ3n) is 3.05. The van der Waals surface area contributed by atoms with E-state index in [1.54, 1.807) is 0 Å². The van der Waals surface area contributed by atoms with Gasteiger partial charge in [0.05, 0.1) is 12.1 Å². The van der Waals surface area contributed by atoms with Gasteiger partial charge in [-0.2, -0.15) is 13.2 Å². The highest BCUT2D eigenvalue weighted by molar-refractivity contribution is 5.92. The van der Waals surface area contributed by atoms with E-state index >= 15 is 0 Å². The van der Waals surface area contributed by atoms with Crippen LogP contribution in [-0.2, 0) is 6.18 Å².